The van der Waals surface area contributed by atoms with E-state index in [1.807, 2.05) is 12.1 Å². The maximum Gasteiger partial charge on any atom is 0.228 e. The standard InChI is InChI=1S/C13H19N3O3/c1-18-4-5-19-3-2-15-12-8-11-9(6-10(12)14)7-13(17)16-11/h6,8,15H,2-5,7,14H2,1H3,(H,16,17). The van der Waals surface area contributed by atoms with Crippen LogP contribution in [0.1, 0.15) is 5.56 Å². The second kappa shape index (κ2) is 6.40. The molecule has 1 heterocycles. The summed E-state index contributed by atoms with van der Waals surface area (Å²) in [5, 5.41) is 5.99. The molecule has 4 N–H and O–H groups in total. The molecule has 0 spiro atoms. The summed E-state index contributed by atoms with van der Waals surface area (Å²) >= 11 is 0. The number of anilines is 3. The Balaban J connectivity index is 1.84. The van der Waals surface area contributed by atoms with Crippen LogP contribution in [0.3, 0.4) is 0 Å². The zero-order valence-electron chi connectivity index (χ0n) is 11.0. The molecular weight excluding hydrogens is 246 g/mol. The van der Waals surface area contributed by atoms with Crippen molar-refractivity contribution in [3.8, 4) is 0 Å². The number of hydrogen-bond acceptors (Lipinski definition) is 5. The fourth-order valence-electron chi connectivity index (χ4n) is 1.95. The molecule has 0 atom stereocenters. The number of benzene rings is 1. The molecule has 1 aliphatic heterocycles. The molecule has 1 amide bonds. The second-order valence-electron chi connectivity index (χ2n) is 4.35. The predicted octanol–water partition coefficient (Wildman–Crippen LogP) is 0.838. The van der Waals surface area contributed by atoms with Crippen molar-refractivity contribution in [1.82, 2.24) is 0 Å². The molecule has 19 heavy (non-hydrogen) atoms. The minimum absolute atomic E-state index is 0.00875. The van der Waals surface area contributed by atoms with Gasteiger partial charge in [-0.05, 0) is 17.7 Å². The first-order valence-electron chi connectivity index (χ1n) is 6.23. The van der Waals surface area contributed by atoms with Crippen molar-refractivity contribution in [2.45, 2.75) is 6.42 Å². The van der Waals surface area contributed by atoms with Crippen molar-refractivity contribution >= 4 is 23.0 Å². The summed E-state index contributed by atoms with van der Waals surface area (Å²) in [4.78, 5) is 11.3. The van der Waals surface area contributed by atoms with Gasteiger partial charge in [-0.3, -0.25) is 4.79 Å². The Morgan fingerprint density at radius 3 is 3.00 bits per heavy atom. The molecule has 0 radical (unpaired) electrons. The molecule has 6 heteroatoms. The van der Waals surface area contributed by atoms with Crippen molar-refractivity contribution in [2.24, 2.45) is 0 Å². The molecule has 0 unspecified atom stereocenters. The Morgan fingerprint density at radius 2 is 2.21 bits per heavy atom. The van der Waals surface area contributed by atoms with Gasteiger partial charge in [0.1, 0.15) is 0 Å². The molecule has 1 aromatic rings. The largest absolute Gasteiger partial charge is 0.397 e. The van der Waals surface area contributed by atoms with Gasteiger partial charge in [-0.2, -0.15) is 0 Å². The van der Waals surface area contributed by atoms with Crippen molar-refractivity contribution in [3.63, 3.8) is 0 Å². The number of rotatable bonds is 7. The number of carbonyl (C=O) groups excluding carboxylic acids is 1. The van der Waals surface area contributed by atoms with E-state index >= 15 is 0 Å². The van der Waals surface area contributed by atoms with E-state index in [4.69, 9.17) is 15.2 Å². The molecule has 0 aromatic heterocycles. The Hall–Kier alpha value is -1.79. The predicted molar refractivity (Wildman–Crippen MR) is 74.4 cm³/mol. The Morgan fingerprint density at radius 1 is 1.37 bits per heavy atom. The number of hydrogen-bond donors (Lipinski definition) is 3. The quantitative estimate of drug-likeness (QED) is 0.502. The van der Waals surface area contributed by atoms with Crippen LogP contribution in [0.25, 0.3) is 0 Å². The minimum Gasteiger partial charge on any atom is -0.397 e. The van der Waals surface area contributed by atoms with Crippen LogP contribution in [0.5, 0.6) is 0 Å². The molecule has 0 aliphatic carbocycles. The molecule has 6 nitrogen and oxygen atoms in total. The van der Waals surface area contributed by atoms with Crippen molar-refractivity contribution < 1.29 is 14.3 Å². The van der Waals surface area contributed by atoms with Crippen molar-refractivity contribution in [2.75, 3.05) is 49.8 Å². The van der Waals surface area contributed by atoms with Crippen LogP contribution >= 0.6 is 0 Å². The van der Waals surface area contributed by atoms with Gasteiger partial charge in [-0.25, -0.2) is 0 Å². The fraction of sp³-hybridized carbons (Fsp3) is 0.462. The van der Waals surface area contributed by atoms with Gasteiger partial charge >= 0.3 is 0 Å². The highest BCUT2D eigenvalue weighted by molar-refractivity contribution is 6.00. The number of methoxy groups -OCH3 is 1. The topological polar surface area (TPSA) is 85.6 Å². The number of nitrogens with two attached hydrogens (primary N) is 1. The highest BCUT2D eigenvalue weighted by Gasteiger charge is 2.19. The van der Waals surface area contributed by atoms with Gasteiger partial charge in [0.25, 0.3) is 0 Å². The summed E-state index contributed by atoms with van der Waals surface area (Å²) in [6.45, 7) is 2.40. The average molecular weight is 265 g/mol. The smallest absolute Gasteiger partial charge is 0.228 e. The van der Waals surface area contributed by atoms with Crippen LogP contribution in [0.2, 0.25) is 0 Å². The zero-order valence-corrected chi connectivity index (χ0v) is 11.0. The van der Waals surface area contributed by atoms with E-state index < -0.39 is 0 Å². The normalized spacial score (nSPS) is 13.2. The maximum atomic E-state index is 11.3. The SMILES string of the molecule is COCCOCCNc1cc2c(cc1N)CC(=O)N2. The number of fused-ring (bicyclic) bond motifs is 1. The van der Waals surface area contributed by atoms with Gasteiger partial charge in [-0.1, -0.05) is 0 Å². The molecule has 104 valence electrons. The average Bonchev–Trinajstić information content (AvgIpc) is 2.72. The van der Waals surface area contributed by atoms with Crippen LogP contribution < -0.4 is 16.4 Å². The van der Waals surface area contributed by atoms with E-state index in [9.17, 15) is 4.79 Å². The molecule has 2 rings (SSSR count). The second-order valence-corrected chi connectivity index (χ2v) is 4.35. The van der Waals surface area contributed by atoms with Crippen molar-refractivity contribution in [1.29, 1.82) is 0 Å². The number of ether oxygens (including phenoxy) is 2. The highest BCUT2D eigenvalue weighted by atomic mass is 16.5. The van der Waals surface area contributed by atoms with Gasteiger partial charge in [0.2, 0.25) is 5.91 Å². The fourth-order valence-corrected chi connectivity index (χ4v) is 1.95. The summed E-state index contributed by atoms with van der Waals surface area (Å²) in [6, 6.07) is 3.70. The van der Waals surface area contributed by atoms with E-state index in [1.165, 1.54) is 0 Å². The summed E-state index contributed by atoms with van der Waals surface area (Å²) < 4.78 is 10.2. The Bertz CT molecular complexity index is 463. The van der Waals surface area contributed by atoms with Gasteiger partial charge in [-0.15, -0.1) is 0 Å². The summed E-state index contributed by atoms with van der Waals surface area (Å²) in [6.07, 6.45) is 0.403. The first-order valence-corrected chi connectivity index (χ1v) is 6.23. The number of nitrogen functional groups attached to an aromatic ring is 1. The van der Waals surface area contributed by atoms with Crippen LogP contribution in [0, 0.1) is 0 Å². The number of carbonyl (C=O) groups is 1. The molecule has 0 saturated heterocycles. The molecule has 1 aliphatic rings. The summed E-state index contributed by atoms with van der Waals surface area (Å²) in [7, 11) is 1.64. The van der Waals surface area contributed by atoms with Gasteiger partial charge < -0.3 is 25.8 Å². The van der Waals surface area contributed by atoms with Crippen LogP contribution in [-0.2, 0) is 20.7 Å². The van der Waals surface area contributed by atoms with Crippen LogP contribution in [0.15, 0.2) is 12.1 Å². The molecule has 0 saturated carbocycles. The Kier molecular flexibility index (Phi) is 4.59. The lowest BCUT2D eigenvalue weighted by molar-refractivity contribution is -0.115. The van der Waals surface area contributed by atoms with Gasteiger partial charge in [0.15, 0.2) is 0 Å². The molecule has 0 fully saturated rings. The van der Waals surface area contributed by atoms with E-state index in [0.717, 1.165) is 16.9 Å². The third kappa shape index (κ3) is 3.59. The van der Waals surface area contributed by atoms with E-state index in [2.05, 4.69) is 10.6 Å². The zero-order chi connectivity index (χ0) is 13.7. The van der Waals surface area contributed by atoms with Gasteiger partial charge in [0.05, 0.1) is 37.6 Å². The van der Waals surface area contributed by atoms with Crippen LogP contribution in [0.4, 0.5) is 17.1 Å². The lowest BCUT2D eigenvalue weighted by Crippen LogP contribution is -2.13. The third-order valence-corrected chi connectivity index (χ3v) is 2.89. The van der Waals surface area contributed by atoms with Crippen molar-refractivity contribution in [3.05, 3.63) is 17.7 Å². The van der Waals surface area contributed by atoms with Gasteiger partial charge in [0, 0.05) is 19.3 Å². The van der Waals surface area contributed by atoms with E-state index in [-0.39, 0.29) is 5.91 Å². The summed E-state index contributed by atoms with van der Waals surface area (Å²) in [5.41, 5.74) is 9.18. The summed E-state index contributed by atoms with van der Waals surface area (Å²) in [5.74, 6) is 0.00875. The first kappa shape index (κ1) is 13.6. The molecular formula is C13H19N3O3. The third-order valence-electron chi connectivity index (χ3n) is 2.89. The minimum atomic E-state index is 0.00875. The maximum absolute atomic E-state index is 11.3. The number of amides is 1. The lowest BCUT2D eigenvalue weighted by atomic mass is 10.1. The van der Waals surface area contributed by atoms with E-state index in [1.54, 1.807) is 7.11 Å². The molecule has 1 aromatic carbocycles. The van der Waals surface area contributed by atoms with Crippen LogP contribution in [-0.4, -0.2) is 39.4 Å². The lowest BCUT2D eigenvalue weighted by Gasteiger charge is -2.11. The number of nitrogens with one attached hydrogen (secondary N) is 2. The van der Waals surface area contributed by atoms with E-state index in [0.29, 0.717) is 38.5 Å². The monoisotopic (exact) mass is 265 g/mol. The molecule has 0 bridgehead atoms. The highest BCUT2D eigenvalue weighted by Crippen LogP contribution is 2.31. The Labute approximate surface area is 112 Å². The first-order chi connectivity index (χ1) is 9.20.